The van der Waals surface area contributed by atoms with Gasteiger partial charge < -0.3 is 4.74 Å². The number of rotatable bonds is 5. The largest absolute Gasteiger partial charge is 0.455 e. The fraction of sp³-hybridized carbons (Fsp3) is 0.400. The molecular formula is C15H17N3O2. The Morgan fingerprint density at radius 1 is 1.30 bits per heavy atom. The van der Waals surface area contributed by atoms with Crippen molar-refractivity contribution in [2.75, 3.05) is 6.61 Å². The van der Waals surface area contributed by atoms with Crippen LogP contribution in [0.2, 0.25) is 0 Å². The van der Waals surface area contributed by atoms with Gasteiger partial charge in [0.05, 0.1) is 0 Å². The van der Waals surface area contributed by atoms with Crippen molar-refractivity contribution in [3.05, 3.63) is 41.2 Å². The molecule has 0 amide bonds. The van der Waals surface area contributed by atoms with Crippen LogP contribution in [0.25, 0.3) is 0 Å². The molecule has 20 heavy (non-hydrogen) atoms. The fourth-order valence-corrected chi connectivity index (χ4v) is 2.10. The smallest absolute Gasteiger partial charge is 0.317 e. The average Bonchev–Trinajstić information content (AvgIpc) is 3.22. The zero-order valence-corrected chi connectivity index (χ0v) is 11.7. The van der Waals surface area contributed by atoms with Crippen molar-refractivity contribution in [2.45, 2.75) is 25.7 Å². The number of hydrogen-bond donors (Lipinski definition) is 0. The number of Topliss-reactive ketones (excluding diaryl/α,β-unsaturated/α-hetero) is 1. The summed E-state index contributed by atoms with van der Waals surface area (Å²) in [6.07, 6.45) is 2.32. The van der Waals surface area contributed by atoms with Crippen molar-refractivity contribution in [2.24, 2.45) is 7.05 Å². The summed E-state index contributed by atoms with van der Waals surface area (Å²) in [5, 5.41) is 8.11. The first-order valence-electron chi connectivity index (χ1n) is 6.77. The van der Waals surface area contributed by atoms with Crippen LogP contribution in [0.3, 0.4) is 0 Å². The monoisotopic (exact) mass is 271 g/mol. The highest BCUT2D eigenvalue weighted by atomic mass is 16.5. The highest BCUT2D eigenvalue weighted by molar-refractivity contribution is 5.97. The van der Waals surface area contributed by atoms with Crippen LogP contribution in [0.1, 0.15) is 40.5 Å². The van der Waals surface area contributed by atoms with Crippen molar-refractivity contribution in [3.63, 3.8) is 0 Å². The lowest BCUT2D eigenvalue weighted by atomic mass is 10.1. The molecule has 104 valence electrons. The number of aryl methyl sites for hydroxylation is 1. The SMILES string of the molecule is Cc1ccc(C(=O)COc2nnc(C3CC3)n2C)cc1. The molecule has 2 aromatic rings. The number of carbonyl (C=O) groups is 1. The zero-order chi connectivity index (χ0) is 14.1. The maximum absolute atomic E-state index is 12.0. The Kier molecular flexibility index (Phi) is 3.26. The van der Waals surface area contributed by atoms with Gasteiger partial charge in [0, 0.05) is 18.5 Å². The van der Waals surface area contributed by atoms with Crippen molar-refractivity contribution < 1.29 is 9.53 Å². The molecule has 1 aromatic heterocycles. The molecule has 0 spiro atoms. The summed E-state index contributed by atoms with van der Waals surface area (Å²) in [6.45, 7) is 1.98. The van der Waals surface area contributed by atoms with Crippen LogP contribution in [0.5, 0.6) is 6.01 Å². The van der Waals surface area contributed by atoms with Gasteiger partial charge in [0.25, 0.3) is 0 Å². The molecule has 1 heterocycles. The number of benzene rings is 1. The van der Waals surface area contributed by atoms with Gasteiger partial charge in [-0.05, 0) is 19.8 Å². The highest BCUT2D eigenvalue weighted by Gasteiger charge is 2.29. The van der Waals surface area contributed by atoms with Crippen molar-refractivity contribution >= 4 is 5.78 Å². The summed E-state index contributed by atoms with van der Waals surface area (Å²) in [4.78, 5) is 12.0. The topological polar surface area (TPSA) is 57.0 Å². The van der Waals surface area contributed by atoms with E-state index in [1.807, 2.05) is 42.8 Å². The lowest BCUT2D eigenvalue weighted by Gasteiger charge is -2.05. The molecule has 0 aliphatic heterocycles. The summed E-state index contributed by atoms with van der Waals surface area (Å²) < 4.78 is 7.32. The van der Waals surface area contributed by atoms with Gasteiger partial charge in [-0.1, -0.05) is 34.9 Å². The Labute approximate surface area is 117 Å². The second-order valence-electron chi connectivity index (χ2n) is 5.25. The van der Waals surface area contributed by atoms with Crippen LogP contribution in [0.4, 0.5) is 0 Å². The summed E-state index contributed by atoms with van der Waals surface area (Å²) in [7, 11) is 1.87. The summed E-state index contributed by atoms with van der Waals surface area (Å²) in [5.74, 6) is 1.40. The van der Waals surface area contributed by atoms with Gasteiger partial charge in [0.2, 0.25) is 0 Å². The maximum Gasteiger partial charge on any atom is 0.317 e. The number of carbonyl (C=O) groups excluding carboxylic acids is 1. The van der Waals surface area contributed by atoms with Gasteiger partial charge in [-0.15, -0.1) is 5.10 Å². The first-order chi connectivity index (χ1) is 9.65. The van der Waals surface area contributed by atoms with Crippen LogP contribution >= 0.6 is 0 Å². The van der Waals surface area contributed by atoms with Crippen molar-refractivity contribution in [3.8, 4) is 6.01 Å². The summed E-state index contributed by atoms with van der Waals surface area (Å²) in [5.41, 5.74) is 1.78. The van der Waals surface area contributed by atoms with Gasteiger partial charge in [0.15, 0.2) is 12.4 Å². The Morgan fingerprint density at radius 2 is 2.00 bits per heavy atom. The number of ether oxygens (including phenoxy) is 1. The van der Waals surface area contributed by atoms with E-state index in [1.54, 1.807) is 0 Å². The number of ketones is 1. The molecule has 0 radical (unpaired) electrons. The van der Waals surface area contributed by atoms with Crippen LogP contribution < -0.4 is 4.74 Å². The molecule has 1 saturated carbocycles. The minimum atomic E-state index is -0.0547. The molecule has 1 aliphatic carbocycles. The van der Waals surface area contributed by atoms with Crippen LogP contribution in [-0.4, -0.2) is 27.2 Å². The predicted molar refractivity (Wildman–Crippen MR) is 74.0 cm³/mol. The number of aromatic nitrogens is 3. The van der Waals surface area contributed by atoms with E-state index in [0.717, 1.165) is 24.2 Å². The Morgan fingerprint density at radius 3 is 2.65 bits per heavy atom. The quantitative estimate of drug-likeness (QED) is 0.783. The van der Waals surface area contributed by atoms with Crippen molar-refractivity contribution in [1.82, 2.24) is 14.8 Å². The van der Waals surface area contributed by atoms with E-state index in [4.69, 9.17) is 4.74 Å². The normalized spacial score (nSPS) is 14.3. The van der Waals surface area contributed by atoms with Crippen LogP contribution in [-0.2, 0) is 7.05 Å². The van der Waals surface area contributed by atoms with Crippen molar-refractivity contribution in [1.29, 1.82) is 0 Å². The lowest BCUT2D eigenvalue weighted by Crippen LogP contribution is -2.13. The van der Waals surface area contributed by atoms with E-state index in [2.05, 4.69) is 10.2 Å². The zero-order valence-electron chi connectivity index (χ0n) is 11.7. The van der Waals surface area contributed by atoms with Crippen LogP contribution in [0, 0.1) is 6.92 Å². The second kappa shape index (κ2) is 5.07. The molecule has 0 unspecified atom stereocenters. The van der Waals surface area contributed by atoms with Gasteiger partial charge in [0.1, 0.15) is 5.82 Å². The van der Waals surface area contributed by atoms with E-state index in [9.17, 15) is 4.79 Å². The molecule has 1 aliphatic rings. The molecule has 5 heteroatoms. The van der Waals surface area contributed by atoms with Gasteiger partial charge in [-0.2, -0.15) is 0 Å². The molecule has 0 bridgehead atoms. The van der Waals surface area contributed by atoms with Gasteiger partial charge in [-0.3, -0.25) is 9.36 Å². The number of hydrogen-bond acceptors (Lipinski definition) is 4. The molecule has 0 N–H and O–H groups in total. The molecule has 1 aromatic carbocycles. The molecule has 1 fully saturated rings. The Balaban J connectivity index is 1.64. The van der Waals surface area contributed by atoms with E-state index in [0.29, 0.717) is 17.5 Å². The third kappa shape index (κ3) is 2.57. The minimum absolute atomic E-state index is 0.0142. The molecular weight excluding hydrogens is 254 g/mol. The highest BCUT2D eigenvalue weighted by Crippen LogP contribution is 2.39. The molecule has 0 saturated heterocycles. The molecule has 5 nitrogen and oxygen atoms in total. The standard InChI is InChI=1S/C15H17N3O2/c1-10-3-5-11(6-4-10)13(19)9-20-15-17-16-14(18(15)2)12-7-8-12/h3-6,12H,7-9H2,1-2H3. The minimum Gasteiger partial charge on any atom is -0.455 e. The van der Waals surface area contributed by atoms with E-state index in [1.165, 1.54) is 0 Å². The summed E-state index contributed by atoms with van der Waals surface area (Å²) in [6, 6.07) is 7.87. The summed E-state index contributed by atoms with van der Waals surface area (Å²) >= 11 is 0. The first-order valence-corrected chi connectivity index (χ1v) is 6.77. The molecule has 0 atom stereocenters. The van der Waals surface area contributed by atoms with E-state index >= 15 is 0 Å². The van der Waals surface area contributed by atoms with E-state index in [-0.39, 0.29) is 12.4 Å². The third-order valence-electron chi connectivity index (χ3n) is 3.52. The average molecular weight is 271 g/mol. The lowest BCUT2D eigenvalue weighted by molar-refractivity contribution is 0.0911. The maximum atomic E-state index is 12.0. The van der Waals surface area contributed by atoms with Crippen LogP contribution in [0.15, 0.2) is 24.3 Å². The Hall–Kier alpha value is -2.17. The van der Waals surface area contributed by atoms with E-state index < -0.39 is 0 Å². The first kappa shape index (κ1) is 12.8. The third-order valence-corrected chi connectivity index (χ3v) is 3.52. The van der Waals surface area contributed by atoms with Gasteiger partial charge >= 0.3 is 6.01 Å². The Bertz CT molecular complexity index is 627. The predicted octanol–water partition coefficient (Wildman–Crippen LogP) is 2.26. The van der Waals surface area contributed by atoms with Gasteiger partial charge in [-0.25, -0.2) is 0 Å². The number of nitrogens with zero attached hydrogens (tertiary/aromatic N) is 3. The molecule has 3 rings (SSSR count). The fourth-order valence-electron chi connectivity index (χ4n) is 2.10. The second-order valence-corrected chi connectivity index (χ2v) is 5.25.